The maximum atomic E-state index is 4.49. The third-order valence-electron chi connectivity index (χ3n) is 3.39. The number of aromatic nitrogens is 4. The second-order valence-corrected chi connectivity index (χ2v) is 5.71. The van der Waals surface area contributed by atoms with E-state index in [0.29, 0.717) is 0 Å². The van der Waals surface area contributed by atoms with Crippen LogP contribution in [0.3, 0.4) is 0 Å². The Kier molecular flexibility index (Phi) is 2.75. The zero-order chi connectivity index (χ0) is 14.2. The van der Waals surface area contributed by atoms with E-state index in [9.17, 15) is 0 Å². The van der Waals surface area contributed by atoms with Crippen LogP contribution in [-0.2, 0) is 0 Å². The van der Waals surface area contributed by atoms with Crippen molar-refractivity contribution >= 4 is 22.1 Å². The number of hydrogen-bond donors (Lipinski definition) is 2. The molecule has 0 radical (unpaired) electrons. The monoisotopic (exact) mass is 295 g/mol. The van der Waals surface area contributed by atoms with Crippen molar-refractivity contribution in [3.8, 4) is 21.7 Å². The van der Waals surface area contributed by atoms with Gasteiger partial charge in [0.05, 0.1) is 29.3 Å². The van der Waals surface area contributed by atoms with Crippen molar-refractivity contribution in [2.45, 2.75) is 0 Å². The van der Waals surface area contributed by atoms with E-state index in [-0.39, 0.29) is 0 Å². The Balaban J connectivity index is 1.69. The van der Waals surface area contributed by atoms with Crippen molar-refractivity contribution in [2.75, 3.05) is 12.4 Å². The maximum Gasteiger partial charge on any atom is 0.196 e. The lowest BCUT2D eigenvalue weighted by molar-refractivity contribution is 1.23. The molecule has 0 atom stereocenters. The van der Waals surface area contributed by atoms with Crippen LogP contribution in [-0.4, -0.2) is 26.4 Å². The van der Waals surface area contributed by atoms with Gasteiger partial charge < -0.3 is 10.3 Å². The minimum absolute atomic E-state index is 0.891. The van der Waals surface area contributed by atoms with E-state index in [1.165, 1.54) is 10.4 Å². The number of aromatic amines is 1. The van der Waals surface area contributed by atoms with E-state index in [1.807, 2.05) is 19.4 Å². The van der Waals surface area contributed by atoms with Crippen LogP contribution in [0.5, 0.6) is 0 Å². The SMILES string of the molecule is CNc1cn2cc(-c3ccc(-c4cnc[nH]4)cc3)sc2n1. The van der Waals surface area contributed by atoms with Gasteiger partial charge in [-0.2, -0.15) is 0 Å². The lowest BCUT2D eigenvalue weighted by Gasteiger charge is -2.00. The van der Waals surface area contributed by atoms with Crippen LogP contribution in [0.25, 0.3) is 26.7 Å². The first-order chi connectivity index (χ1) is 10.3. The van der Waals surface area contributed by atoms with Crippen LogP contribution in [0.15, 0.2) is 49.2 Å². The van der Waals surface area contributed by atoms with Crippen LogP contribution in [0.1, 0.15) is 0 Å². The minimum Gasteiger partial charge on any atom is -0.372 e. The molecule has 0 aliphatic rings. The highest BCUT2D eigenvalue weighted by atomic mass is 32.1. The fraction of sp³-hybridized carbons (Fsp3) is 0.0667. The third kappa shape index (κ3) is 2.09. The molecule has 0 amide bonds. The topological polar surface area (TPSA) is 58.0 Å². The Morgan fingerprint density at radius 3 is 2.62 bits per heavy atom. The lowest BCUT2D eigenvalue weighted by Crippen LogP contribution is -1.85. The number of thiazole rings is 1. The molecule has 3 aromatic heterocycles. The highest BCUT2D eigenvalue weighted by molar-refractivity contribution is 7.20. The summed E-state index contributed by atoms with van der Waals surface area (Å²) in [6.45, 7) is 0. The quantitative estimate of drug-likeness (QED) is 0.608. The summed E-state index contributed by atoms with van der Waals surface area (Å²) < 4.78 is 2.05. The Bertz CT molecular complexity index is 839. The highest BCUT2D eigenvalue weighted by Gasteiger charge is 2.08. The Labute approximate surface area is 125 Å². The zero-order valence-corrected chi connectivity index (χ0v) is 12.2. The largest absolute Gasteiger partial charge is 0.372 e. The standard InChI is InChI=1S/C15H13N5S/c1-16-14-8-20-7-13(21-15(20)19-14)11-4-2-10(3-5-11)12-6-17-9-18-12/h2-9,16H,1H3,(H,17,18). The molecule has 4 aromatic rings. The van der Waals surface area contributed by atoms with Gasteiger partial charge >= 0.3 is 0 Å². The first-order valence-electron chi connectivity index (χ1n) is 6.59. The highest BCUT2D eigenvalue weighted by Crippen LogP contribution is 2.30. The fourth-order valence-electron chi connectivity index (χ4n) is 2.28. The predicted molar refractivity (Wildman–Crippen MR) is 85.6 cm³/mol. The molecular formula is C15H13N5S. The summed E-state index contributed by atoms with van der Waals surface area (Å²) in [5.74, 6) is 0.891. The first-order valence-corrected chi connectivity index (χ1v) is 7.40. The average molecular weight is 295 g/mol. The van der Waals surface area contributed by atoms with Crippen molar-refractivity contribution in [1.82, 2.24) is 19.4 Å². The number of rotatable bonds is 3. The van der Waals surface area contributed by atoms with Crippen molar-refractivity contribution in [3.05, 3.63) is 49.2 Å². The molecule has 6 heteroatoms. The molecule has 0 spiro atoms. The molecular weight excluding hydrogens is 282 g/mol. The number of imidazole rings is 2. The van der Waals surface area contributed by atoms with E-state index >= 15 is 0 Å². The molecule has 0 fully saturated rings. The number of benzene rings is 1. The molecule has 0 aliphatic heterocycles. The van der Waals surface area contributed by atoms with E-state index in [4.69, 9.17) is 0 Å². The van der Waals surface area contributed by atoms with Gasteiger partial charge in [0.2, 0.25) is 0 Å². The van der Waals surface area contributed by atoms with Crippen LogP contribution in [0.4, 0.5) is 5.82 Å². The summed E-state index contributed by atoms with van der Waals surface area (Å²) in [6, 6.07) is 8.45. The average Bonchev–Trinajstić information content (AvgIpc) is 3.22. The summed E-state index contributed by atoms with van der Waals surface area (Å²) in [6.07, 6.45) is 7.62. The number of anilines is 1. The van der Waals surface area contributed by atoms with Gasteiger partial charge in [0.15, 0.2) is 4.96 Å². The number of hydrogen-bond acceptors (Lipinski definition) is 4. The van der Waals surface area contributed by atoms with Gasteiger partial charge in [-0.25, -0.2) is 9.97 Å². The van der Waals surface area contributed by atoms with Crippen molar-refractivity contribution < 1.29 is 0 Å². The Morgan fingerprint density at radius 2 is 1.95 bits per heavy atom. The molecule has 21 heavy (non-hydrogen) atoms. The van der Waals surface area contributed by atoms with Gasteiger partial charge in [0, 0.05) is 13.2 Å². The lowest BCUT2D eigenvalue weighted by atomic mass is 10.1. The Hall–Kier alpha value is -2.60. The number of H-pyrrole nitrogens is 1. The molecule has 0 bridgehead atoms. The van der Waals surface area contributed by atoms with Gasteiger partial charge in [-0.1, -0.05) is 35.6 Å². The summed E-state index contributed by atoms with van der Waals surface area (Å²) in [4.78, 5) is 13.8. The predicted octanol–water partition coefficient (Wildman–Crippen LogP) is 3.49. The van der Waals surface area contributed by atoms with Gasteiger partial charge in [0.25, 0.3) is 0 Å². The van der Waals surface area contributed by atoms with Gasteiger partial charge in [-0.3, -0.25) is 4.40 Å². The van der Waals surface area contributed by atoms with Crippen molar-refractivity contribution in [3.63, 3.8) is 0 Å². The molecule has 2 N–H and O–H groups in total. The van der Waals surface area contributed by atoms with Crippen molar-refractivity contribution in [2.24, 2.45) is 0 Å². The number of fused-ring (bicyclic) bond motifs is 1. The molecule has 0 saturated carbocycles. The van der Waals surface area contributed by atoms with E-state index in [2.05, 4.69) is 55.1 Å². The molecule has 4 rings (SSSR count). The molecule has 1 aromatic carbocycles. The van der Waals surface area contributed by atoms with Gasteiger partial charge in [-0.05, 0) is 11.1 Å². The van der Waals surface area contributed by atoms with Crippen LogP contribution >= 0.6 is 11.3 Å². The maximum absolute atomic E-state index is 4.49. The normalized spacial score (nSPS) is 11.1. The van der Waals surface area contributed by atoms with Crippen LogP contribution in [0, 0.1) is 0 Å². The summed E-state index contributed by atoms with van der Waals surface area (Å²) in [7, 11) is 1.88. The van der Waals surface area contributed by atoms with Crippen molar-refractivity contribution in [1.29, 1.82) is 0 Å². The second-order valence-electron chi connectivity index (χ2n) is 4.70. The van der Waals surface area contributed by atoms with Crippen LogP contribution in [0.2, 0.25) is 0 Å². The summed E-state index contributed by atoms with van der Waals surface area (Å²) >= 11 is 1.68. The summed E-state index contributed by atoms with van der Waals surface area (Å²) in [5.41, 5.74) is 3.36. The van der Waals surface area contributed by atoms with E-state index in [1.54, 1.807) is 17.7 Å². The number of nitrogens with one attached hydrogen (secondary N) is 2. The van der Waals surface area contributed by atoms with Gasteiger partial charge in [-0.15, -0.1) is 0 Å². The second kappa shape index (κ2) is 4.75. The third-order valence-corrected chi connectivity index (χ3v) is 4.44. The van der Waals surface area contributed by atoms with Gasteiger partial charge in [0.1, 0.15) is 5.82 Å². The van der Waals surface area contributed by atoms with Crippen LogP contribution < -0.4 is 5.32 Å². The van der Waals surface area contributed by atoms with E-state index < -0.39 is 0 Å². The fourth-order valence-corrected chi connectivity index (χ4v) is 3.25. The first kappa shape index (κ1) is 12.2. The molecule has 0 saturated heterocycles. The Morgan fingerprint density at radius 1 is 1.14 bits per heavy atom. The summed E-state index contributed by atoms with van der Waals surface area (Å²) in [5, 5.41) is 3.05. The smallest absolute Gasteiger partial charge is 0.196 e. The number of nitrogens with zero attached hydrogens (tertiary/aromatic N) is 3. The zero-order valence-electron chi connectivity index (χ0n) is 11.4. The molecule has 5 nitrogen and oxygen atoms in total. The molecule has 0 aliphatic carbocycles. The minimum atomic E-state index is 0.891. The molecule has 104 valence electrons. The molecule has 0 unspecified atom stereocenters. The molecule has 3 heterocycles. The van der Waals surface area contributed by atoms with E-state index in [0.717, 1.165) is 22.0 Å².